The Morgan fingerprint density at radius 1 is 1.18 bits per heavy atom. The van der Waals surface area contributed by atoms with Crippen LogP contribution in [0.4, 0.5) is 8.78 Å². The molecule has 0 atom stereocenters. The van der Waals surface area contributed by atoms with Gasteiger partial charge in [0.25, 0.3) is 11.1 Å². The van der Waals surface area contributed by atoms with E-state index in [0.717, 1.165) is 61.8 Å². The number of aldehydes is 1. The van der Waals surface area contributed by atoms with Gasteiger partial charge in [0.2, 0.25) is 0 Å². The molecule has 2 aliphatic rings. The number of hydrogen-bond acceptors (Lipinski definition) is 7. The number of rotatable bonds is 7. The van der Waals surface area contributed by atoms with Crippen molar-refractivity contribution in [3.63, 3.8) is 0 Å². The van der Waals surface area contributed by atoms with Crippen LogP contribution in [0.5, 0.6) is 5.19 Å². The number of nitrogens with two attached hydrogens (primary N) is 1. The van der Waals surface area contributed by atoms with Crippen LogP contribution in [-0.4, -0.2) is 53.8 Å². The number of aromatic nitrogens is 2. The minimum absolute atomic E-state index is 0.394. The molecule has 0 radical (unpaired) electrons. The Balaban J connectivity index is 0.000000280. The first-order valence-electron chi connectivity index (χ1n) is 13.5. The fourth-order valence-corrected chi connectivity index (χ4v) is 5.65. The molecule has 6 nitrogen and oxygen atoms in total. The second kappa shape index (κ2) is 17.0. The van der Waals surface area contributed by atoms with Crippen LogP contribution in [0.2, 0.25) is 0 Å². The second-order valence-corrected chi connectivity index (χ2v) is 10.6. The molecular weight excluding hydrogens is 518 g/mol. The third kappa shape index (κ3) is 10.7. The molecule has 1 aromatic carbocycles. The van der Waals surface area contributed by atoms with Gasteiger partial charge < -0.3 is 10.5 Å². The first-order valence-corrected chi connectivity index (χ1v) is 14.3. The number of carbonyl (C=O) groups is 1. The number of pyridine rings is 1. The third-order valence-electron chi connectivity index (χ3n) is 6.62. The smallest absolute Gasteiger partial charge is 0.278 e. The monoisotopic (exact) mass is 560 g/mol. The predicted octanol–water partition coefficient (Wildman–Crippen LogP) is 6.93. The number of fused-ring (bicyclic) bond motifs is 2. The first kappa shape index (κ1) is 32.5. The Labute approximate surface area is 235 Å². The molecule has 3 aromatic rings. The normalized spacial score (nSPS) is 15.4. The minimum Gasteiger partial charge on any atom is -0.464 e. The molecule has 2 N–H and O–H groups in total. The van der Waals surface area contributed by atoms with Crippen molar-refractivity contribution >= 4 is 28.5 Å². The average Bonchev–Trinajstić information content (AvgIpc) is 3.40. The summed E-state index contributed by atoms with van der Waals surface area (Å²) in [6.45, 7) is 9.29. The number of ether oxygens (including phenoxy) is 1. The number of hydrogen-bond donors (Lipinski definition) is 1. The summed E-state index contributed by atoms with van der Waals surface area (Å²) >= 11 is 1.43. The second-order valence-electron chi connectivity index (χ2n) is 9.56. The van der Waals surface area contributed by atoms with E-state index >= 15 is 0 Å². The highest BCUT2D eigenvalue weighted by molar-refractivity contribution is 7.13. The summed E-state index contributed by atoms with van der Waals surface area (Å²) in [5.74, 6) is -1.91. The fourth-order valence-electron chi connectivity index (χ4n) is 4.74. The molecule has 2 aromatic heterocycles. The van der Waals surface area contributed by atoms with Crippen LogP contribution in [-0.2, 0) is 13.0 Å². The molecule has 214 valence electrons. The van der Waals surface area contributed by atoms with Gasteiger partial charge in [-0.2, -0.15) is 0 Å². The van der Waals surface area contributed by atoms with Crippen molar-refractivity contribution in [2.75, 3.05) is 26.7 Å². The van der Waals surface area contributed by atoms with E-state index in [1.807, 2.05) is 24.3 Å². The summed E-state index contributed by atoms with van der Waals surface area (Å²) in [4.78, 5) is 22.8. The van der Waals surface area contributed by atoms with E-state index in [9.17, 15) is 13.6 Å². The van der Waals surface area contributed by atoms with Crippen LogP contribution in [0.1, 0.15) is 66.4 Å². The maximum absolute atomic E-state index is 12.9. The highest BCUT2D eigenvalue weighted by Gasteiger charge is 2.26. The first-order chi connectivity index (χ1) is 18.9. The zero-order valence-electron chi connectivity index (χ0n) is 23.2. The summed E-state index contributed by atoms with van der Waals surface area (Å²) in [5.41, 5.74) is 7.09. The third-order valence-corrected chi connectivity index (χ3v) is 7.69. The van der Waals surface area contributed by atoms with Gasteiger partial charge in [-0.1, -0.05) is 61.6 Å². The van der Waals surface area contributed by atoms with Crippen LogP contribution < -0.4 is 10.5 Å². The van der Waals surface area contributed by atoms with Crippen LogP contribution in [0.3, 0.4) is 0 Å². The van der Waals surface area contributed by atoms with E-state index in [-0.39, 0.29) is 0 Å². The fraction of sp³-hybridized carbons (Fsp3) is 0.500. The van der Waals surface area contributed by atoms with Gasteiger partial charge in [-0.3, -0.25) is 14.7 Å². The Hall–Kier alpha value is -2.75. The summed E-state index contributed by atoms with van der Waals surface area (Å²) in [7, 11) is 1.50. The Morgan fingerprint density at radius 2 is 1.92 bits per heavy atom. The summed E-state index contributed by atoms with van der Waals surface area (Å²) in [5, 5.41) is 1.31. The van der Waals surface area contributed by atoms with Crippen molar-refractivity contribution in [1.82, 2.24) is 14.9 Å². The lowest BCUT2D eigenvalue weighted by molar-refractivity contribution is -0.0230. The highest BCUT2D eigenvalue weighted by atomic mass is 32.1. The molecule has 3 heterocycles. The van der Waals surface area contributed by atoms with Crippen molar-refractivity contribution in [3.05, 3.63) is 65.8 Å². The molecule has 0 saturated heterocycles. The van der Waals surface area contributed by atoms with Crippen LogP contribution in [0.15, 0.2) is 49.7 Å². The Morgan fingerprint density at radius 3 is 2.62 bits per heavy atom. The van der Waals surface area contributed by atoms with E-state index < -0.39 is 12.5 Å². The van der Waals surface area contributed by atoms with Crippen molar-refractivity contribution < 1.29 is 18.3 Å². The van der Waals surface area contributed by atoms with Gasteiger partial charge >= 0.3 is 0 Å². The largest absolute Gasteiger partial charge is 0.464 e. The maximum atomic E-state index is 12.9. The van der Waals surface area contributed by atoms with Gasteiger partial charge in [-0.25, -0.2) is 13.8 Å². The van der Waals surface area contributed by atoms with Crippen molar-refractivity contribution in [1.29, 1.82) is 0 Å². The van der Waals surface area contributed by atoms with E-state index in [4.69, 9.17) is 4.74 Å². The number of halogens is 2. The van der Waals surface area contributed by atoms with E-state index in [0.29, 0.717) is 10.8 Å². The summed E-state index contributed by atoms with van der Waals surface area (Å²) < 4.78 is 30.9. The molecule has 0 spiro atoms. The molecule has 1 aliphatic carbocycles. The summed E-state index contributed by atoms with van der Waals surface area (Å²) in [6, 6.07) is 9.24. The van der Waals surface area contributed by atoms with Crippen molar-refractivity contribution in [2.24, 2.45) is 11.7 Å². The van der Waals surface area contributed by atoms with Crippen LogP contribution in [0.25, 0.3) is 10.9 Å². The molecule has 1 saturated carbocycles. The predicted molar refractivity (Wildman–Crippen MR) is 157 cm³/mol. The van der Waals surface area contributed by atoms with Gasteiger partial charge in [0.1, 0.15) is 0 Å². The van der Waals surface area contributed by atoms with E-state index in [2.05, 4.69) is 33.8 Å². The standard InChI is InChI=1S/C17H26F2N2OS.C10H7NO.C2H4.CH5N/c1-17(18,19)12-22-16-20-14-11-21(10-8-15(14)23-16)9-7-13-5-3-2-4-6-13;12-7-8-3-1-5-10-9(8)4-2-6-11-10;2*1-2/h13H,2-12H2,1H3;1-7H;1-2H2;2H2,1H3. The molecule has 0 unspecified atom stereocenters. The lowest BCUT2D eigenvalue weighted by Crippen LogP contribution is -2.32. The van der Waals surface area contributed by atoms with Gasteiger partial charge in [-0.05, 0) is 44.5 Å². The SMILES string of the molecule is C=C.CC(F)(F)COc1nc2c(s1)CCN(CCC1CCCCC1)C2.CN.O=Cc1cccc2ncccc12. The lowest BCUT2D eigenvalue weighted by Gasteiger charge is -2.29. The molecule has 0 bridgehead atoms. The van der Waals surface area contributed by atoms with Crippen LogP contribution in [0, 0.1) is 5.92 Å². The number of thiazole rings is 1. The zero-order valence-corrected chi connectivity index (χ0v) is 24.0. The molecular formula is C30H42F2N4O2S. The Kier molecular flexibility index (Phi) is 14.2. The molecule has 0 amide bonds. The number of nitrogens with zero attached hydrogens (tertiary/aromatic N) is 3. The topological polar surface area (TPSA) is 81.3 Å². The van der Waals surface area contributed by atoms with Crippen molar-refractivity contribution in [3.8, 4) is 5.19 Å². The van der Waals surface area contributed by atoms with Gasteiger partial charge in [0, 0.05) is 42.0 Å². The molecule has 1 fully saturated rings. The average molecular weight is 561 g/mol. The number of alkyl halides is 2. The van der Waals surface area contributed by atoms with E-state index in [1.165, 1.54) is 61.8 Å². The number of carbonyl (C=O) groups excluding carboxylic acids is 1. The molecule has 39 heavy (non-hydrogen) atoms. The maximum Gasteiger partial charge on any atom is 0.278 e. The van der Waals surface area contributed by atoms with Gasteiger partial charge in [0.05, 0.1) is 11.2 Å². The Bertz CT molecular complexity index is 1120. The van der Waals surface area contributed by atoms with Gasteiger partial charge in [0.15, 0.2) is 12.9 Å². The minimum atomic E-state index is -2.81. The number of benzene rings is 1. The summed E-state index contributed by atoms with van der Waals surface area (Å²) in [6.07, 6.45) is 11.8. The van der Waals surface area contributed by atoms with Gasteiger partial charge in [-0.15, -0.1) is 13.2 Å². The zero-order chi connectivity index (χ0) is 28.7. The quantitative estimate of drug-likeness (QED) is 0.249. The van der Waals surface area contributed by atoms with Crippen LogP contribution >= 0.6 is 11.3 Å². The molecule has 1 aliphatic heterocycles. The molecule has 9 heteroatoms. The molecule has 5 rings (SSSR count). The highest BCUT2D eigenvalue weighted by Crippen LogP contribution is 2.32. The van der Waals surface area contributed by atoms with E-state index in [1.54, 1.807) is 12.3 Å². The lowest BCUT2D eigenvalue weighted by atomic mass is 9.87. The van der Waals surface area contributed by atoms with Crippen molar-refractivity contribution in [2.45, 2.75) is 64.3 Å².